The lowest BCUT2D eigenvalue weighted by Crippen LogP contribution is -2.45. The van der Waals surface area contributed by atoms with Crippen molar-refractivity contribution in [1.29, 1.82) is 0 Å². The Kier molecular flexibility index (Phi) is 5.91. The van der Waals surface area contributed by atoms with Gasteiger partial charge in [-0.05, 0) is 55.0 Å². The molecule has 1 saturated carbocycles. The summed E-state index contributed by atoms with van der Waals surface area (Å²) in [6.45, 7) is 2.05. The summed E-state index contributed by atoms with van der Waals surface area (Å²) in [7, 11) is 3.79. The SMILES string of the molecule is Cc1c(Cc2ccc(-c3cnn(C)c3)nc2)cc(C(=O)N[C@H]2CCCC[C@@H]2O)c2c1ncn2C. The second-order valence-corrected chi connectivity index (χ2v) is 9.32. The van der Waals surface area contributed by atoms with Crippen LogP contribution in [0.1, 0.15) is 52.7 Å². The number of nitrogens with zero attached hydrogens (tertiary/aromatic N) is 5. The van der Waals surface area contributed by atoms with Crippen molar-refractivity contribution in [3.8, 4) is 11.3 Å². The quantitative estimate of drug-likeness (QED) is 0.478. The normalized spacial score (nSPS) is 18.4. The zero-order valence-electron chi connectivity index (χ0n) is 19.8. The summed E-state index contributed by atoms with van der Waals surface area (Å²) in [6.07, 6.45) is 11.1. The van der Waals surface area contributed by atoms with Crippen LogP contribution in [-0.2, 0) is 20.5 Å². The number of aliphatic hydroxyl groups is 1. The second-order valence-electron chi connectivity index (χ2n) is 9.32. The van der Waals surface area contributed by atoms with Gasteiger partial charge < -0.3 is 15.0 Å². The number of pyridine rings is 1. The number of aromatic nitrogens is 5. The van der Waals surface area contributed by atoms with E-state index >= 15 is 0 Å². The van der Waals surface area contributed by atoms with Crippen molar-refractivity contribution in [3.63, 3.8) is 0 Å². The molecular formula is C26H30N6O2. The highest BCUT2D eigenvalue weighted by molar-refractivity contribution is 6.06. The molecule has 1 fully saturated rings. The fourth-order valence-electron chi connectivity index (χ4n) is 4.88. The molecule has 1 aliphatic carbocycles. The average molecular weight is 459 g/mol. The van der Waals surface area contributed by atoms with Crippen molar-refractivity contribution in [3.05, 3.63) is 65.4 Å². The molecule has 0 spiro atoms. The minimum absolute atomic E-state index is 0.161. The number of rotatable bonds is 5. The van der Waals surface area contributed by atoms with Crippen LogP contribution in [0.4, 0.5) is 0 Å². The first-order chi connectivity index (χ1) is 16.4. The maximum absolute atomic E-state index is 13.4. The van der Waals surface area contributed by atoms with E-state index in [1.165, 1.54) is 0 Å². The van der Waals surface area contributed by atoms with Crippen LogP contribution in [0.3, 0.4) is 0 Å². The third-order valence-electron chi connectivity index (χ3n) is 6.86. The highest BCUT2D eigenvalue weighted by Crippen LogP contribution is 2.28. The minimum atomic E-state index is -0.492. The number of imidazole rings is 1. The van der Waals surface area contributed by atoms with E-state index in [1.54, 1.807) is 17.2 Å². The van der Waals surface area contributed by atoms with E-state index in [9.17, 15) is 9.90 Å². The summed E-state index contributed by atoms with van der Waals surface area (Å²) in [5.74, 6) is -0.161. The zero-order valence-corrected chi connectivity index (χ0v) is 19.8. The Morgan fingerprint density at radius 2 is 2.00 bits per heavy atom. The number of hydrogen-bond donors (Lipinski definition) is 2. The molecule has 3 aromatic heterocycles. The standard InChI is InChI=1S/C26H30N6O2/c1-16-18(10-17-8-9-21(27-12-17)19-13-29-32(3)14-19)11-20(25-24(16)28-15-31(25)2)26(34)30-22-6-4-5-7-23(22)33/h8-9,11-15,22-23,33H,4-7,10H2,1-3H3,(H,30,34)/t22-,23-/m0/s1. The molecule has 0 aliphatic heterocycles. The molecular weight excluding hydrogens is 428 g/mol. The fourth-order valence-corrected chi connectivity index (χ4v) is 4.88. The Balaban J connectivity index is 1.46. The second kappa shape index (κ2) is 9.02. The van der Waals surface area contributed by atoms with Gasteiger partial charge in [0.2, 0.25) is 0 Å². The highest BCUT2D eigenvalue weighted by Gasteiger charge is 2.26. The van der Waals surface area contributed by atoms with Gasteiger partial charge in [0.1, 0.15) is 0 Å². The van der Waals surface area contributed by atoms with E-state index < -0.39 is 6.10 Å². The fraction of sp³-hybridized carbons (Fsp3) is 0.385. The number of carbonyl (C=O) groups excluding carboxylic acids is 1. The smallest absolute Gasteiger partial charge is 0.253 e. The molecule has 4 aromatic rings. The maximum Gasteiger partial charge on any atom is 0.253 e. The van der Waals surface area contributed by atoms with E-state index in [-0.39, 0.29) is 11.9 Å². The molecule has 0 bridgehead atoms. The van der Waals surface area contributed by atoms with Gasteiger partial charge in [0.25, 0.3) is 5.91 Å². The molecule has 1 aromatic carbocycles. The van der Waals surface area contributed by atoms with Crippen LogP contribution in [0.15, 0.2) is 43.1 Å². The van der Waals surface area contributed by atoms with Gasteiger partial charge in [-0.2, -0.15) is 5.10 Å². The first-order valence-corrected chi connectivity index (χ1v) is 11.8. The molecule has 3 heterocycles. The number of nitrogens with one attached hydrogen (secondary N) is 1. The number of hydrogen-bond acceptors (Lipinski definition) is 5. The Hall–Kier alpha value is -3.52. The summed E-state index contributed by atoms with van der Waals surface area (Å²) in [4.78, 5) is 22.6. The molecule has 2 N–H and O–H groups in total. The van der Waals surface area contributed by atoms with Gasteiger partial charge in [0, 0.05) is 32.1 Å². The van der Waals surface area contributed by atoms with Crippen molar-refractivity contribution >= 4 is 16.9 Å². The lowest BCUT2D eigenvalue weighted by atomic mass is 9.92. The number of aryl methyl sites for hydroxylation is 3. The molecule has 1 aliphatic rings. The molecule has 0 radical (unpaired) electrons. The predicted octanol–water partition coefficient (Wildman–Crippen LogP) is 3.30. The van der Waals surface area contributed by atoms with Crippen LogP contribution >= 0.6 is 0 Å². The lowest BCUT2D eigenvalue weighted by Gasteiger charge is -2.28. The Morgan fingerprint density at radius 3 is 2.71 bits per heavy atom. The van der Waals surface area contributed by atoms with Gasteiger partial charge >= 0.3 is 0 Å². The number of aliphatic hydroxyl groups excluding tert-OH is 1. The Labute approximate surface area is 198 Å². The molecule has 2 atom stereocenters. The summed E-state index contributed by atoms with van der Waals surface area (Å²) >= 11 is 0. The van der Waals surface area contributed by atoms with Gasteiger partial charge in [-0.15, -0.1) is 0 Å². The number of fused-ring (bicyclic) bond motifs is 1. The average Bonchev–Trinajstić information content (AvgIpc) is 3.44. The van der Waals surface area contributed by atoms with E-state index in [1.807, 2.05) is 43.2 Å². The summed E-state index contributed by atoms with van der Waals surface area (Å²) in [5.41, 5.74) is 7.23. The minimum Gasteiger partial charge on any atom is -0.391 e. The topological polar surface area (TPSA) is 97.9 Å². The van der Waals surface area contributed by atoms with Crippen LogP contribution < -0.4 is 5.32 Å². The maximum atomic E-state index is 13.4. The molecule has 8 nitrogen and oxygen atoms in total. The molecule has 34 heavy (non-hydrogen) atoms. The van der Waals surface area contributed by atoms with E-state index in [0.717, 1.165) is 64.7 Å². The van der Waals surface area contributed by atoms with Crippen LogP contribution in [0, 0.1) is 6.92 Å². The van der Waals surface area contributed by atoms with Gasteiger partial charge in [0.15, 0.2) is 0 Å². The highest BCUT2D eigenvalue weighted by atomic mass is 16.3. The Morgan fingerprint density at radius 1 is 1.18 bits per heavy atom. The van der Waals surface area contributed by atoms with Crippen LogP contribution in [0.2, 0.25) is 0 Å². The molecule has 1 amide bonds. The van der Waals surface area contributed by atoms with Crippen molar-refractivity contribution in [2.45, 2.75) is 51.2 Å². The molecule has 0 unspecified atom stereocenters. The number of carbonyl (C=O) groups is 1. The molecule has 5 rings (SSSR count). The van der Waals surface area contributed by atoms with Gasteiger partial charge in [0.05, 0.1) is 47.0 Å². The monoisotopic (exact) mass is 458 g/mol. The third-order valence-corrected chi connectivity index (χ3v) is 6.86. The first kappa shape index (κ1) is 22.3. The predicted molar refractivity (Wildman–Crippen MR) is 130 cm³/mol. The van der Waals surface area contributed by atoms with Crippen LogP contribution in [-0.4, -0.2) is 47.5 Å². The Bertz CT molecular complexity index is 1340. The molecule has 8 heteroatoms. The molecule has 0 saturated heterocycles. The van der Waals surface area contributed by atoms with E-state index in [4.69, 9.17) is 0 Å². The van der Waals surface area contributed by atoms with Crippen LogP contribution in [0.5, 0.6) is 0 Å². The van der Waals surface area contributed by atoms with Crippen molar-refractivity contribution in [2.75, 3.05) is 0 Å². The number of benzene rings is 1. The third kappa shape index (κ3) is 4.21. The van der Waals surface area contributed by atoms with Crippen molar-refractivity contribution in [1.82, 2.24) is 29.6 Å². The van der Waals surface area contributed by atoms with Gasteiger partial charge in [-0.25, -0.2) is 4.98 Å². The lowest BCUT2D eigenvalue weighted by molar-refractivity contribution is 0.0718. The first-order valence-electron chi connectivity index (χ1n) is 11.8. The van der Waals surface area contributed by atoms with Crippen molar-refractivity contribution in [2.24, 2.45) is 14.1 Å². The van der Waals surface area contributed by atoms with E-state index in [0.29, 0.717) is 12.0 Å². The summed E-state index contributed by atoms with van der Waals surface area (Å²) < 4.78 is 3.65. The van der Waals surface area contributed by atoms with Gasteiger partial charge in [-0.3, -0.25) is 14.5 Å². The van der Waals surface area contributed by atoms with E-state index in [2.05, 4.69) is 33.4 Å². The largest absolute Gasteiger partial charge is 0.391 e. The summed E-state index contributed by atoms with van der Waals surface area (Å²) in [5, 5.41) is 17.6. The van der Waals surface area contributed by atoms with Crippen molar-refractivity contribution < 1.29 is 9.90 Å². The number of amides is 1. The zero-order chi connectivity index (χ0) is 23.8. The van der Waals surface area contributed by atoms with Crippen LogP contribution in [0.25, 0.3) is 22.3 Å². The summed E-state index contributed by atoms with van der Waals surface area (Å²) in [6, 6.07) is 5.83. The molecule has 176 valence electrons. The van der Waals surface area contributed by atoms with Gasteiger partial charge in [-0.1, -0.05) is 18.9 Å².